The third kappa shape index (κ3) is 5.61. The normalized spacial score (nSPS) is 15.9. The highest BCUT2D eigenvalue weighted by Gasteiger charge is 2.26. The van der Waals surface area contributed by atoms with Crippen LogP contribution in [0, 0.1) is 5.92 Å². The fourth-order valence-corrected chi connectivity index (χ4v) is 5.05. The molecule has 1 saturated heterocycles. The minimum atomic E-state index is -3.86. The Balaban J connectivity index is 1.81. The average molecular weight is 461 g/mol. The van der Waals surface area contributed by atoms with E-state index in [4.69, 9.17) is 9.47 Å². The van der Waals surface area contributed by atoms with Crippen LogP contribution in [0.1, 0.15) is 55.6 Å². The van der Waals surface area contributed by atoms with Gasteiger partial charge >= 0.3 is 0 Å². The van der Waals surface area contributed by atoms with Crippen LogP contribution in [0.3, 0.4) is 0 Å². The smallest absolute Gasteiger partial charge is 0.257 e. The molecule has 1 heterocycles. The van der Waals surface area contributed by atoms with Crippen LogP contribution in [-0.2, 0) is 10.0 Å². The van der Waals surface area contributed by atoms with Crippen LogP contribution in [0.2, 0.25) is 0 Å². The molecule has 0 unspecified atom stereocenters. The standard InChI is InChI=1S/C24H32N2O5S/c1-5-31-20-8-6-19(7-9-20)18(3)25-32(28,29)21-10-11-23(30-4)22(16-21)24(27)26-14-12-17(2)13-15-26/h6-11,16-18,25H,5,12-15H2,1-4H3/t18-/m0/s1. The van der Waals surface area contributed by atoms with E-state index in [-0.39, 0.29) is 16.4 Å². The predicted molar refractivity (Wildman–Crippen MR) is 124 cm³/mol. The minimum absolute atomic E-state index is 0.0322. The van der Waals surface area contributed by atoms with Crippen molar-refractivity contribution in [3.8, 4) is 11.5 Å². The molecule has 1 amide bonds. The number of rotatable bonds is 8. The maximum atomic E-state index is 13.1. The number of methoxy groups -OCH3 is 1. The predicted octanol–water partition coefficient (Wildman–Crippen LogP) is 4.01. The number of benzene rings is 2. The lowest BCUT2D eigenvalue weighted by molar-refractivity contribution is 0.0693. The van der Waals surface area contributed by atoms with Gasteiger partial charge in [0.05, 0.1) is 24.2 Å². The summed E-state index contributed by atoms with van der Waals surface area (Å²) in [6, 6.07) is 11.2. The van der Waals surface area contributed by atoms with Crippen LogP contribution in [0.4, 0.5) is 0 Å². The van der Waals surface area contributed by atoms with E-state index in [0.29, 0.717) is 31.4 Å². The molecule has 32 heavy (non-hydrogen) atoms. The molecule has 1 atom stereocenters. The molecule has 0 saturated carbocycles. The Morgan fingerprint density at radius 2 is 1.81 bits per heavy atom. The van der Waals surface area contributed by atoms with Crippen LogP contribution in [-0.4, -0.2) is 46.0 Å². The average Bonchev–Trinajstić information content (AvgIpc) is 2.79. The van der Waals surface area contributed by atoms with Crippen molar-refractivity contribution in [2.75, 3.05) is 26.8 Å². The molecule has 0 bridgehead atoms. The molecule has 1 N–H and O–H groups in total. The number of carbonyl (C=O) groups is 1. The maximum absolute atomic E-state index is 13.1. The van der Waals surface area contributed by atoms with Gasteiger partial charge in [-0.2, -0.15) is 0 Å². The highest BCUT2D eigenvalue weighted by molar-refractivity contribution is 7.89. The van der Waals surface area contributed by atoms with E-state index < -0.39 is 16.1 Å². The topological polar surface area (TPSA) is 84.9 Å². The number of hydrogen-bond acceptors (Lipinski definition) is 5. The molecular weight excluding hydrogens is 428 g/mol. The lowest BCUT2D eigenvalue weighted by Crippen LogP contribution is -2.38. The molecule has 0 radical (unpaired) electrons. The van der Waals surface area contributed by atoms with Gasteiger partial charge in [0.2, 0.25) is 10.0 Å². The van der Waals surface area contributed by atoms with Crippen molar-refractivity contribution in [1.29, 1.82) is 0 Å². The van der Waals surface area contributed by atoms with E-state index >= 15 is 0 Å². The first kappa shape index (κ1) is 24.1. The van der Waals surface area contributed by atoms with Gasteiger partial charge in [0.25, 0.3) is 5.91 Å². The summed E-state index contributed by atoms with van der Waals surface area (Å²) in [5, 5.41) is 0. The van der Waals surface area contributed by atoms with Crippen molar-refractivity contribution in [2.45, 2.75) is 44.6 Å². The quantitative estimate of drug-likeness (QED) is 0.644. The summed E-state index contributed by atoms with van der Waals surface area (Å²) in [7, 11) is -2.38. The molecule has 1 aliphatic rings. The highest BCUT2D eigenvalue weighted by Crippen LogP contribution is 2.27. The molecular formula is C24H32N2O5S. The van der Waals surface area contributed by atoms with Gasteiger partial charge < -0.3 is 14.4 Å². The number of sulfonamides is 1. The second-order valence-corrected chi connectivity index (χ2v) is 9.90. The van der Waals surface area contributed by atoms with Crippen molar-refractivity contribution >= 4 is 15.9 Å². The number of carbonyl (C=O) groups excluding carboxylic acids is 1. The minimum Gasteiger partial charge on any atom is -0.496 e. The molecule has 7 nitrogen and oxygen atoms in total. The van der Waals surface area contributed by atoms with Gasteiger partial charge in [-0.1, -0.05) is 19.1 Å². The van der Waals surface area contributed by atoms with Crippen LogP contribution in [0.5, 0.6) is 11.5 Å². The van der Waals surface area contributed by atoms with Gasteiger partial charge in [-0.05, 0) is 68.5 Å². The lowest BCUT2D eigenvalue weighted by Gasteiger charge is -2.30. The van der Waals surface area contributed by atoms with Crippen molar-refractivity contribution in [3.63, 3.8) is 0 Å². The zero-order valence-electron chi connectivity index (χ0n) is 19.1. The van der Waals surface area contributed by atoms with Gasteiger partial charge in [-0.15, -0.1) is 0 Å². The van der Waals surface area contributed by atoms with Crippen molar-refractivity contribution in [2.24, 2.45) is 5.92 Å². The molecule has 0 spiro atoms. The highest BCUT2D eigenvalue weighted by atomic mass is 32.2. The number of piperidine rings is 1. The third-order valence-electron chi connectivity index (χ3n) is 5.81. The largest absolute Gasteiger partial charge is 0.496 e. The van der Waals surface area contributed by atoms with Crippen molar-refractivity contribution in [3.05, 3.63) is 53.6 Å². The fraction of sp³-hybridized carbons (Fsp3) is 0.458. The monoisotopic (exact) mass is 460 g/mol. The Morgan fingerprint density at radius 1 is 1.16 bits per heavy atom. The number of hydrogen-bond donors (Lipinski definition) is 1. The molecule has 2 aromatic carbocycles. The SMILES string of the molecule is CCOc1ccc([C@H](C)NS(=O)(=O)c2ccc(OC)c(C(=O)N3CCC(C)CC3)c2)cc1. The Labute approximate surface area is 190 Å². The Hall–Kier alpha value is -2.58. The summed E-state index contributed by atoms with van der Waals surface area (Å²) in [4.78, 5) is 14.9. The summed E-state index contributed by atoms with van der Waals surface area (Å²) >= 11 is 0. The maximum Gasteiger partial charge on any atom is 0.257 e. The lowest BCUT2D eigenvalue weighted by atomic mass is 9.98. The van der Waals surface area contributed by atoms with E-state index in [1.165, 1.54) is 25.3 Å². The summed E-state index contributed by atoms with van der Waals surface area (Å²) < 4.78 is 39.6. The van der Waals surface area contributed by atoms with E-state index in [2.05, 4.69) is 11.6 Å². The van der Waals surface area contributed by atoms with Crippen LogP contribution in [0.25, 0.3) is 0 Å². The summed E-state index contributed by atoms with van der Waals surface area (Å²) in [6.45, 7) is 7.74. The number of nitrogens with one attached hydrogen (secondary N) is 1. The number of ether oxygens (including phenoxy) is 2. The van der Waals surface area contributed by atoms with Gasteiger partial charge in [0.15, 0.2) is 0 Å². The Morgan fingerprint density at radius 3 is 2.41 bits per heavy atom. The second-order valence-electron chi connectivity index (χ2n) is 8.18. The molecule has 0 aromatic heterocycles. The Kier molecular flexibility index (Phi) is 7.79. The molecule has 8 heteroatoms. The van der Waals surface area contributed by atoms with Crippen molar-refractivity contribution < 1.29 is 22.7 Å². The zero-order chi connectivity index (χ0) is 23.3. The van der Waals surface area contributed by atoms with Crippen LogP contribution < -0.4 is 14.2 Å². The first-order valence-corrected chi connectivity index (χ1v) is 12.5. The molecule has 2 aromatic rings. The third-order valence-corrected chi connectivity index (χ3v) is 7.34. The van der Waals surface area contributed by atoms with E-state index in [1.54, 1.807) is 11.8 Å². The molecule has 3 rings (SSSR count). The first-order valence-electron chi connectivity index (χ1n) is 11.0. The van der Waals surface area contributed by atoms with Crippen LogP contribution >= 0.6 is 0 Å². The Bertz CT molecular complexity index is 1030. The van der Waals surface area contributed by atoms with Crippen LogP contribution in [0.15, 0.2) is 47.4 Å². The number of nitrogens with zero attached hydrogens (tertiary/aromatic N) is 1. The first-order chi connectivity index (χ1) is 15.2. The summed E-state index contributed by atoms with van der Waals surface area (Å²) in [5.41, 5.74) is 1.07. The van der Waals surface area contributed by atoms with Gasteiger partial charge in [-0.3, -0.25) is 4.79 Å². The molecule has 0 aliphatic carbocycles. The van der Waals surface area contributed by atoms with E-state index in [0.717, 1.165) is 24.2 Å². The zero-order valence-corrected chi connectivity index (χ0v) is 19.9. The fourth-order valence-electron chi connectivity index (χ4n) is 3.79. The van der Waals surface area contributed by atoms with Gasteiger partial charge in [-0.25, -0.2) is 13.1 Å². The van der Waals surface area contributed by atoms with Gasteiger partial charge in [0, 0.05) is 19.1 Å². The van der Waals surface area contributed by atoms with Gasteiger partial charge in [0.1, 0.15) is 11.5 Å². The molecule has 1 aliphatic heterocycles. The number of amides is 1. The summed E-state index contributed by atoms with van der Waals surface area (Å²) in [6.07, 6.45) is 1.88. The number of likely N-dealkylation sites (tertiary alicyclic amines) is 1. The summed E-state index contributed by atoms with van der Waals surface area (Å²) in [5.74, 6) is 1.48. The molecule has 1 fully saturated rings. The van der Waals surface area contributed by atoms with E-state index in [1.807, 2.05) is 31.2 Å². The second kappa shape index (κ2) is 10.4. The molecule has 174 valence electrons. The van der Waals surface area contributed by atoms with E-state index in [9.17, 15) is 13.2 Å². The van der Waals surface area contributed by atoms with Crippen molar-refractivity contribution in [1.82, 2.24) is 9.62 Å².